The van der Waals surface area contributed by atoms with E-state index in [1.807, 2.05) is 0 Å². The third-order valence-corrected chi connectivity index (χ3v) is 5.47. The summed E-state index contributed by atoms with van der Waals surface area (Å²) in [5.41, 5.74) is 0.771. The monoisotopic (exact) mass is 462 g/mol. The van der Waals surface area contributed by atoms with Crippen LogP contribution in [0.4, 0.5) is 13.9 Å². The maximum atomic E-state index is 13.1. The number of nitrogens with one attached hydrogen (secondary N) is 1. The molecule has 1 aliphatic carbocycles. The van der Waals surface area contributed by atoms with Gasteiger partial charge in [0.2, 0.25) is 5.91 Å². The van der Waals surface area contributed by atoms with E-state index < -0.39 is 18.3 Å². The standard InChI is InChI=1S/C16H17BrF2N4O3S/c1-2-26-11(25)5-9-7-27-16(20-9)21-10(24)6-23-14(8-3-4-8)12(17)13(22-23)15(18)19/h7-8,15H,2-6H2,1H3,(H,20,21,24). The Morgan fingerprint density at radius 2 is 2.22 bits per heavy atom. The number of amides is 1. The van der Waals surface area contributed by atoms with Crippen molar-refractivity contribution < 1.29 is 23.1 Å². The second-order valence-electron chi connectivity index (χ2n) is 5.99. The summed E-state index contributed by atoms with van der Waals surface area (Å²) < 4.78 is 32.6. The van der Waals surface area contributed by atoms with Crippen LogP contribution in [0, 0.1) is 0 Å². The molecule has 7 nitrogen and oxygen atoms in total. The number of anilines is 1. The lowest BCUT2D eigenvalue weighted by Gasteiger charge is -2.06. The number of alkyl halides is 2. The van der Waals surface area contributed by atoms with Gasteiger partial charge in [-0.2, -0.15) is 5.10 Å². The minimum atomic E-state index is -2.72. The van der Waals surface area contributed by atoms with Gasteiger partial charge in [-0.25, -0.2) is 13.8 Å². The molecule has 1 amide bonds. The molecular weight excluding hydrogens is 446 g/mol. The zero-order valence-corrected chi connectivity index (χ0v) is 16.8. The van der Waals surface area contributed by atoms with E-state index >= 15 is 0 Å². The fraction of sp³-hybridized carbons (Fsp3) is 0.500. The molecule has 1 saturated carbocycles. The van der Waals surface area contributed by atoms with Crippen molar-refractivity contribution in [2.24, 2.45) is 0 Å². The van der Waals surface area contributed by atoms with Gasteiger partial charge < -0.3 is 10.1 Å². The van der Waals surface area contributed by atoms with Crippen molar-refractivity contribution in [3.8, 4) is 0 Å². The molecule has 1 fully saturated rings. The van der Waals surface area contributed by atoms with Gasteiger partial charge in [-0.15, -0.1) is 11.3 Å². The van der Waals surface area contributed by atoms with E-state index in [1.165, 1.54) is 16.0 Å². The average Bonchev–Trinajstić information content (AvgIpc) is 3.24. The summed E-state index contributed by atoms with van der Waals surface area (Å²) in [6.07, 6.45) is -0.919. The fourth-order valence-corrected chi connectivity index (χ4v) is 4.09. The number of aromatic nitrogens is 3. The summed E-state index contributed by atoms with van der Waals surface area (Å²) in [4.78, 5) is 27.9. The summed E-state index contributed by atoms with van der Waals surface area (Å²) in [5.74, 6) is -0.677. The first-order valence-corrected chi connectivity index (χ1v) is 10.00. The summed E-state index contributed by atoms with van der Waals surface area (Å²) in [6.45, 7) is 1.81. The van der Waals surface area contributed by atoms with Gasteiger partial charge >= 0.3 is 5.97 Å². The number of halogens is 3. The molecule has 146 valence electrons. The minimum Gasteiger partial charge on any atom is -0.466 e. The number of hydrogen-bond acceptors (Lipinski definition) is 6. The van der Waals surface area contributed by atoms with Gasteiger partial charge in [0.1, 0.15) is 12.2 Å². The normalized spacial score (nSPS) is 13.8. The molecule has 2 aromatic heterocycles. The minimum absolute atomic E-state index is 0.0237. The van der Waals surface area contributed by atoms with Crippen LogP contribution in [-0.2, 0) is 27.3 Å². The first-order valence-electron chi connectivity index (χ1n) is 8.33. The molecule has 1 aliphatic rings. The van der Waals surface area contributed by atoms with Crippen LogP contribution in [0.2, 0.25) is 0 Å². The van der Waals surface area contributed by atoms with E-state index in [-0.39, 0.29) is 35.7 Å². The number of ether oxygens (including phenoxy) is 1. The zero-order chi connectivity index (χ0) is 19.6. The highest BCUT2D eigenvalue weighted by Crippen LogP contribution is 2.45. The van der Waals surface area contributed by atoms with E-state index in [0.717, 1.165) is 12.8 Å². The van der Waals surface area contributed by atoms with Crippen LogP contribution in [-0.4, -0.2) is 33.2 Å². The number of carbonyl (C=O) groups is 2. The number of thiazole rings is 1. The fourth-order valence-electron chi connectivity index (χ4n) is 2.58. The van der Waals surface area contributed by atoms with Crippen LogP contribution >= 0.6 is 27.3 Å². The molecule has 0 saturated heterocycles. The quantitative estimate of drug-likeness (QED) is 0.604. The Morgan fingerprint density at radius 1 is 1.48 bits per heavy atom. The molecule has 27 heavy (non-hydrogen) atoms. The molecule has 0 spiro atoms. The van der Waals surface area contributed by atoms with Crippen molar-refractivity contribution in [2.45, 2.75) is 45.1 Å². The summed E-state index contributed by atoms with van der Waals surface area (Å²) in [6, 6.07) is 0. The van der Waals surface area contributed by atoms with Crippen molar-refractivity contribution in [2.75, 3.05) is 11.9 Å². The third kappa shape index (κ3) is 4.89. The van der Waals surface area contributed by atoms with Crippen LogP contribution in [0.15, 0.2) is 9.85 Å². The van der Waals surface area contributed by atoms with Crippen LogP contribution < -0.4 is 5.32 Å². The lowest BCUT2D eigenvalue weighted by atomic mass is 10.2. The Hall–Kier alpha value is -1.88. The van der Waals surface area contributed by atoms with Gasteiger partial charge in [0.25, 0.3) is 6.43 Å². The molecule has 0 unspecified atom stereocenters. The maximum absolute atomic E-state index is 13.1. The highest BCUT2D eigenvalue weighted by Gasteiger charge is 2.34. The summed E-state index contributed by atoms with van der Waals surface area (Å²) in [7, 11) is 0. The lowest BCUT2D eigenvalue weighted by Crippen LogP contribution is -2.21. The molecule has 0 atom stereocenters. The van der Waals surface area contributed by atoms with E-state index in [0.29, 0.717) is 16.5 Å². The molecule has 1 N–H and O–H groups in total. The SMILES string of the molecule is CCOC(=O)Cc1csc(NC(=O)Cn2nc(C(F)F)c(Br)c2C2CC2)n1. The van der Waals surface area contributed by atoms with Gasteiger partial charge in [0.15, 0.2) is 5.13 Å². The molecule has 2 aromatic rings. The first kappa shape index (κ1) is 19.9. The highest BCUT2D eigenvalue weighted by atomic mass is 79.9. The maximum Gasteiger partial charge on any atom is 0.311 e. The Balaban J connectivity index is 1.65. The predicted octanol–water partition coefficient (Wildman–Crippen LogP) is 3.66. The molecule has 2 heterocycles. The molecule has 0 aliphatic heterocycles. The topological polar surface area (TPSA) is 86.1 Å². The van der Waals surface area contributed by atoms with Crippen LogP contribution in [0.1, 0.15) is 49.2 Å². The predicted molar refractivity (Wildman–Crippen MR) is 97.9 cm³/mol. The van der Waals surface area contributed by atoms with Gasteiger partial charge in [0, 0.05) is 11.3 Å². The smallest absolute Gasteiger partial charge is 0.311 e. The van der Waals surface area contributed by atoms with E-state index in [2.05, 4.69) is 31.3 Å². The zero-order valence-electron chi connectivity index (χ0n) is 14.4. The van der Waals surface area contributed by atoms with Crippen molar-refractivity contribution >= 4 is 44.3 Å². The number of hydrogen-bond donors (Lipinski definition) is 1. The average molecular weight is 463 g/mol. The molecule has 0 aromatic carbocycles. The number of rotatable bonds is 8. The van der Waals surface area contributed by atoms with E-state index in [1.54, 1.807) is 12.3 Å². The van der Waals surface area contributed by atoms with Gasteiger partial charge in [-0.1, -0.05) is 0 Å². The van der Waals surface area contributed by atoms with Crippen molar-refractivity contribution in [1.29, 1.82) is 0 Å². The van der Waals surface area contributed by atoms with Crippen LogP contribution in [0.25, 0.3) is 0 Å². The molecule has 11 heteroatoms. The van der Waals surface area contributed by atoms with Crippen LogP contribution in [0.5, 0.6) is 0 Å². The Labute approximate surface area is 166 Å². The van der Waals surface area contributed by atoms with E-state index in [9.17, 15) is 18.4 Å². The van der Waals surface area contributed by atoms with Crippen molar-refractivity contribution in [1.82, 2.24) is 14.8 Å². The lowest BCUT2D eigenvalue weighted by molar-refractivity contribution is -0.142. The second-order valence-corrected chi connectivity index (χ2v) is 7.64. The summed E-state index contributed by atoms with van der Waals surface area (Å²) >= 11 is 4.36. The second kappa shape index (κ2) is 8.42. The van der Waals surface area contributed by atoms with Gasteiger partial charge in [-0.3, -0.25) is 14.3 Å². The van der Waals surface area contributed by atoms with Crippen LogP contribution in [0.3, 0.4) is 0 Å². The third-order valence-electron chi connectivity index (χ3n) is 3.85. The van der Waals surface area contributed by atoms with Crippen molar-refractivity contribution in [3.63, 3.8) is 0 Å². The Morgan fingerprint density at radius 3 is 2.85 bits per heavy atom. The Kier molecular flexibility index (Phi) is 6.20. The number of esters is 1. The summed E-state index contributed by atoms with van der Waals surface area (Å²) in [5, 5.41) is 8.49. The van der Waals surface area contributed by atoms with Gasteiger partial charge in [0.05, 0.1) is 28.9 Å². The molecular formula is C16H17BrF2N4O3S. The number of nitrogens with zero attached hydrogens (tertiary/aromatic N) is 3. The van der Waals surface area contributed by atoms with E-state index in [4.69, 9.17) is 4.74 Å². The molecule has 3 rings (SSSR count). The Bertz CT molecular complexity index is 851. The largest absolute Gasteiger partial charge is 0.466 e. The van der Waals surface area contributed by atoms with Crippen molar-refractivity contribution in [3.05, 3.63) is 26.9 Å². The molecule has 0 radical (unpaired) electrons. The first-order chi connectivity index (χ1) is 12.9. The molecule has 0 bridgehead atoms. The highest BCUT2D eigenvalue weighted by molar-refractivity contribution is 9.10. The van der Waals surface area contributed by atoms with Gasteiger partial charge in [-0.05, 0) is 35.7 Å². The number of carbonyl (C=O) groups excluding carboxylic acids is 2.